The number of carbonyl (C=O) groups is 4. The van der Waals surface area contributed by atoms with Gasteiger partial charge in [-0.15, -0.1) is 11.8 Å². The molecule has 1 N–H and O–H groups in total. The predicted octanol–water partition coefficient (Wildman–Crippen LogP) is -2.87. The maximum atomic E-state index is 12.4. The summed E-state index contributed by atoms with van der Waals surface area (Å²) in [5.74, 6) is -3.02. The maximum Gasteiger partial charge on any atom is 1.00 e. The first kappa shape index (κ1) is 26.8. The van der Waals surface area contributed by atoms with Crippen LogP contribution in [-0.4, -0.2) is 86.5 Å². The van der Waals surface area contributed by atoms with Crippen LogP contribution < -0.4 is 34.7 Å². The number of carboxylic acids is 1. The molecule has 0 aliphatic carbocycles. The largest absolute Gasteiger partial charge is 1.00 e. The molecule has 0 aromatic rings. The van der Waals surface area contributed by atoms with E-state index in [2.05, 4.69) is 4.99 Å². The van der Waals surface area contributed by atoms with E-state index >= 15 is 0 Å². The zero-order valence-electron chi connectivity index (χ0n) is 17.2. The quantitative estimate of drug-likeness (QED) is 0.131. The van der Waals surface area contributed by atoms with Gasteiger partial charge < -0.3 is 19.8 Å². The Kier molecular flexibility index (Phi) is 10.7. The zero-order chi connectivity index (χ0) is 21.7. The van der Waals surface area contributed by atoms with Gasteiger partial charge in [-0.05, 0) is 19.7 Å². The second-order valence-corrected chi connectivity index (χ2v) is 8.17. The summed E-state index contributed by atoms with van der Waals surface area (Å²) >= 11 is 2.07. The third-order valence-electron chi connectivity index (χ3n) is 4.30. The molecular formula is C17H22N3NaO7S2. The number of hydrogen-bond acceptors (Lipinski definition) is 9. The summed E-state index contributed by atoms with van der Waals surface area (Å²) in [4.78, 5) is 53.5. The summed E-state index contributed by atoms with van der Waals surface area (Å²) in [6, 6.07) is -0.985. The smallest absolute Gasteiger partial charge is 0.861 e. The van der Waals surface area contributed by atoms with E-state index in [0.717, 1.165) is 16.7 Å². The summed E-state index contributed by atoms with van der Waals surface area (Å²) < 4.78 is 4.86. The molecule has 30 heavy (non-hydrogen) atoms. The second kappa shape index (κ2) is 12.0. The van der Waals surface area contributed by atoms with Gasteiger partial charge in [0, 0.05) is 37.1 Å². The van der Waals surface area contributed by atoms with Crippen LogP contribution in [0.3, 0.4) is 0 Å². The molecule has 0 bridgehead atoms. The topological polar surface area (TPSA) is 140 Å². The van der Waals surface area contributed by atoms with Gasteiger partial charge in [0.2, 0.25) is 0 Å². The Morgan fingerprint density at radius 1 is 1.37 bits per heavy atom. The van der Waals surface area contributed by atoms with Gasteiger partial charge in [0.05, 0.1) is 0 Å². The number of amides is 2. The van der Waals surface area contributed by atoms with Gasteiger partial charge in [0.25, 0.3) is 11.1 Å². The minimum absolute atomic E-state index is 0. The fraction of sp³-hybridized carbons (Fsp3) is 0.588. The summed E-state index contributed by atoms with van der Waals surface area (Å²) in [6.07, 6.45) is 0. The number of esters is 1. The fourth-order valence-electron chi connectivity index (χ4n) is 2.84. The first-order valence-electron chi connectivity index (χ1n) is 8.89. The van der Waals surface area contributed by atoms with Gasteiger partial charge >= 0.3 is 41.5 Å². The van der Waals surface area contributed by atoms with Gasteiger partial charge in [-0.25, -0.2) is 4.79 Å². The van der Waals surface area contributed by atoms with Crippen LogP contribution in [0.1, 0.15) is 20.8 Å². The number of carboxylic acid groups (broad SMARTS) is 1. The van der Waals surface area contributed by atoms with Crippen molar-refractivity contribution in [2.45, 2.75) is 32.2 Å². The van der Waals surface area contributed by atoms with Crippen LogP contribution in [0.25, 0.3) is 0 Å². The molecule has 2 unspecified atom stereocenters. The van der Waals surface area contributed by atoms with Gasteiger partial charge in [-0.3, -0.25) is 24.3 Å². The van der Waals surface area contributed by atoms with Crippen molar-refractivity contribution in [3.8, 4) is 0 Å². The Morgan fingerprint density at radius 3 is 2.53 bits per heavy atom. The standard InChI is InChI=1S/C17H23N3O7S2.Na/c1-4-19(5-2)17(26)29-8-11(22)18-12-14(23)20-13(16(24)25)10(6-27-9(3)21)7-28-15(12)20;/h12,15H,4-8H2,1-3H3,(H,18,22)(H,24,25);/q;+1/p-1. The number of hydrogen-bond donors (Lipinski definition) is 1. The molecule has 1 fully saturated rings. The molecule has 2 rings (SSSR count). The van der Waals surface area contributed by atoms with Crippen molar-refractivity contribution >= 4 is 52.5 Å². The van der Waals surface area contributed by atoms with E-state index in [9.17, 15) is 29.4 Å². The van der Waals surface area contributed by atoms with E-state index in [4.69, 9.17) is 4.74 Å². The normalized spacial score (nSPS) is 20.7. The number of carbonyl (C=O) groups excluding carboxylic acids is 3. The summed E-state index contributed by atoms with van der Waals surface area (Å²) in [5, 5.41) is 20.7. The predicted molar refractivity (Wildman–Crippen MR) is 106 cm³/mol. The Hall–Kier alpha value is -1.21. The SMILES string of the molecule is CCN(CC)C(=O)SCC([O-])=NC1C(=O)N2C(C(=O)O)=C(COC(C)=O)CSC12.[Na+]. The number of nitrogens with zero attached hydrogens (tertiary/aromatic N) is 3. The average molecular weight is 468 g/mol. The Morgan fingerprint density at radius 2 is 2.00 bits per heavy atom. The average Bonchev–Trinajstić information content (AvgIpc) is 2.68. The van der Waals surface area contributed by atoms with Crippen molar-refractivity contribution in [3.05, 3.63) is 11.3 Å². The number of β-lactam (4-membered cyclic amide) rings is 1. The molecule has 0 aromatic carbocycles. The number of rotatable bonds is 8. The number of fused-ring (bicyclic) bond motifs is 1. The molecule has 0 saturated carbocycles. The van der Waals surface area contributed by atoms with Crippen molar-refractivity contribution in [1.82, 2.24) is 9.80 Å². The third kappa shape index (κ3) is 6.16. The van der Waals surface area contributed by atoms with Crippen molar-refractivity contribution in [2.75, 3.05) is 31.2 Å². The number of ether oxygens (including phenoxy) is 1. The second-order valence-electron chi connectivity index (χ2n) is 6.14. The molecule has 2 aliphatic rings. The van der Waals surface area contributed by atoms with Gasteiger partial charge in [0.15, 0.2) is 6.04 Å². The molecule has 2 atom stereocenters. The molecule has 160 valence electrons. The Balaban J connectivity index is 0.00000450. The molecule has 13 heteroatoms. The third-order valence-corrected chi connectivity index (χ3v) is 6.52. The summed E-state index contributed by atoms with van der Waals surface area (Å²) in [6.45, 7) is 5.72. The van der Waals surface area contributed by atoms with E-state index in [-0.39, 0.29) is 58.6 Å². The van der Waals surface area contributed by atoms with Crippen LogP contribution in [0.2, 0.25) is 0 Å². The number of aliphatic carboxylic acids is 1. The van der Waals surface area contributed by atoms with Crippen molar-refractivity contribution in [1.29, 1.82) is 0 Å². The molecule has 1 saturated heterocycles. The zero-order valence-corrected chi connectivity index (χ0v) is 20.9. The molecule has 2 aliphatic heterocycles. The summed E-state index contributed by atoms with van der Waals surface area (Å²) in [5.41, 5.74) is 0.0810. The molecule has 2 heterocycles. The first-order valence-corrected chi connectivity index (χ1v) is 10.9. The fourth-order valence-corrected chi connectivity index (χ4v) is 4.91. The molecular weight excluding hydrogens is 445 g/mol. The van der Waals surface area contributed by atoms with Crippen LogP contribution in [0.15, 0.2) is 16.3 Å². The minimum atomic E-state index is -1.31. The molecule has 0 radical (unpaired) electrons. The molecule has 0 spiro atoms. The van der Waals surface area contributed by atoms with Crippen LogP contribution in [-0.2, 0) is 19.1 Å². The monoisotopic (exact) mass is 467 g/mol. The maximum absolute atomic E-state index is 12.4. The number of thioether (sulfide) groups is 2. The van der Waals surface area contributed by atoms with E-state index in [1.54, 1.807) is 4.90 Å². The van der Waals surface area contributed by atoms with Crippen LogP contribution in [0.5, 0.6) is 0 Å². The van der Waals surface area contributed by atoms with Gasteiger partial charge in [-0.2, -0.15) is 0 Å². The van der Waals surface area contributed by atoms with Crippen LogP contribution >= 0.6 is 23.5 Å². The molecule has 2 amide bonds. The van der Waals surface area contributed by atoms with Crippen LogP contribution in [0.4, 0.5) is 4.79 Å². The van der Waals surface area contributed by atoms with E-state index in [1.807, 2.05) is 13.8 Å². The Bertz CT molecular complexity index is 770. The Labute approximate surface area is 204 Å². The van der Waals surface area contributed by atoms with E-state index < -0.39 is 35.2 Å². The number of aliphatic imine (C=N–C) groups is 1. The minimum Gasteiger partial charge on any atom is -0.861 e. The van der Waals surface area contributed by atoms with Gasteiger partial charge in [0.1, 0.15) is 17.7 Å². The summed E-state index contributed by atoms with van der Waals surface area (Å²) in [7, 11) is 0. The molecule has 0 aromatic heterocycles. The van der Waals surface area contributed by atoms with Crippen LogP contribution in [0, 0.1) is 0 Å². The van der Waals surface area contributed by atoms with E-state index in [0.29, 0.717) is 18.7 Å². The van der Waals surface area contributed by atoms with Gasteiger partial charge in [-0.1, -0.05) is 11.8 Å². The molecule has 10 nitrogen and oxygen atoms in total. The first-order chi connectivity index (χ1) is 13.7. The van der Waals surface area contributed by atoms with Crippen molar-refractivity contribution < 1.29 is 63.7 Å². The van der Waals surface area contributed by atoms with Crippen molar-refractivity contribution in [2.24, 2.45) is 4.99 Å². The van der Waals surface area contributed by atoms with Crippen molar-refractivity contribution in [3.63, 3.8) is 0 Å². The van der Waals surface area contributed by atoms with E-state index in [1.165, 1.54) is 18.7 Å².